The average molecular weight is 286 g/mol. The number of hydrogen-bond donors (Lipinski definition) is 1. The van der Waals surface area contributed by atoms with Crippen LogP contribution in [0.1, 0.15) is 30.1 Å². The number of carboxylic acid groups (broad SMARTS) is 1. The Kier molecular flexibility index (Phi) is 3.75. The Balaban J connectivity index is 2.34. The molecule has 1 unspecified atom stereocenters. The van der Waals surface area contributed by atoms with Crippen molar-refractivity contribution in [1.29, 1.82) is 0 Å². The lowest BCUT2D eigenvalue weighted by atomic mass is 10.1. The van der Waals surface area contributed by atoms with E-state index in [0.717, 1.165) is 18.9 Å². The summed E-state index contributed by atoms with van der Waals surface area (Å²) in [6.07, 6.45) is 1.52. The van der Waals surface area contributed by atoms with Crippen LogP contribution in [0.4, 0.5) is 4.39 Å². The molecule has 2 rings (SSSR count). The van der Waals surface area contributed by atoms with Crippen molar-refractivity contribution >= 4 is 23.5 Å². The van der Waals surface area contributed by atoms with Crippen molar-refractivity contribution in [2.45, 2.75) is 31.8 Å². The van der Waals surface area contributed by atoms with Crippen molar-refractivity contribution in [3.05, 3.63) is 34.6 Å². The molecule has 19 heavy (non-hydrogen) atoms. The number of carbonyl (C=O) groups excluding carboxylic acids is 1. The lowest BCUT2D eigenvalue weighted by molar-refractivity contribution is -0.141. The zero-order valence-corrected chi connectivity index (χ0v) is 11.0. The Morgan fingerprint density at radius 2 is 2.11 bits per heavy atom. The predicted octanol–water partition coefficient (Wildman–Crippen LogP) is 2.56. The van der Waals surface area contributed by atoms with Gasteiger partial charge < -0.3 is 10.0 Å². The van der Waals surface area contributed by atoms with Crippen molar-refractivity contribution in [1.82, 2.24) is 4.90 Å². The summed E-state index contributed by atoms with van der Waals surface area (Å²) in [5, 5.41) is 8.78. The molecule has 1 fully saturated rings. The maximum Gasteiger partial charge on any atom is 0.326 e. The normalized spacial score (nSPS) is 15.9. The molecule has 0 aromatic heterocycles. The van der Waals surface area contributed by atoms with Crippen LogP contribution in [0.5, 0.6) is 0 Å². The summed E-state index contributed by atoms with van der Waals surface area (Å²) in [4.78, 5) is 24.7. The van der Waals surface area contributed by atoms with Crippen LogP contribution in [0.3, 0.4) is 0 Å². The molecular weight excluding hydrogens is 273 g/mol. The summed E-state index contributed by atoms with van der Waals surface area (Å²) < 4.78 is 13.4. The average Bonchev–Trinajstić information content (AvgIpc) is 3.17. The minimum Gasteiger partial charge on any atom is -0.480 e. The van der Waals surface area contributed by atoms with Crippen molar-refractivity contribution in [2.75, 3.05) is 0 Å². The molecule has 0 heterocycles. The Morgan fingerprint density at radius 1 is 1.47 bits per heavy atom. The molecule has 1 aliphatic carbocycles. The summed E-state index contributed by atoms with van der Waals surface area (Å²) in [7, 11) is 0. The molecule has 0 aliphatic heterocycles. The van der Waals surface area contributed by atoms with E-state index in [1.807, 2.05) is 0 Å². The maximum absolute atomic E-state index is 13.4. The van der Waals surface area contributed by atoms with Crippen LogP contribution < -0.4 is 0 Å². The highest BCUT2D eigenvalue weighted by atomic mass is 35.5. The second kappa shape index (κ2) is 5.17. The third-order valence-corrected chi connectivity index (χ3v) is 3.52. The van der Waals surface area contributed by atoms with Gasteiger partial charge >= 0.3 is 5.97 Å². The van der Waals surface area contributed by atoms with Crippen molar-refractivity contribution in [3.63, 3.8) is 0 Å². The first kappa shape index (κ1) is 13.8. The number of aliphatic carboxylic acids is 1. The molecule has 1 atom stereocenters. The molecule has 1 aromatic carbocycles. The van der Waals surface area contributed by atoms with E-state index in [4.69, 9.17) is 16.7 Å². The van der Waals surface area contributed by atoms with Crippen LogP contribution in [0.15, 0.2) is 18.2 Å². The number of carboxylic acids is 1. The minimum absolute atomic E-state index is 0.00154. The molecular formula is C13H13ClFNO3. The first-order chi connectivity index (χ1) is 8.93. The number of hydrogen-bond acceptors (Lipinski definition) is 2. The Labute approximate surface area is 114 Å². The summed E-state index contributed by atoms with van der Waals surface area (Å²) in [5.74, 6) is -2.32. The van der Waals surface area contributed by atoms with E-state index >= 15 is 0 Å². The standard InChI is InChI=1S/C13H13ClFNO3/c1-7(13(18)19)16(8-5-6-8)12(17)9-3-2-4-10(15)11(9)14/h2-4,7-8H,5-6H2,1H3,(H,18,19). The molecule has 4 nitrogen and oxygen atoms in total. The Hall–Kier alpha value is -1.62. The summed E-state index contributed by atoms with van der Waals surface area (Å²) in [6.45, 7) is 1.44. The molecule has 0 saturated heterocycles. The largest absolute Gasteiger partial charge is 0.480 e. The molecule has 0 spiro atoms. The van der Waals surface area contributed by atoms with Crippen LogP contribution in [-0.4, -0.2) is 34.0 Å². The van der Waals surface area contributed by atoms with Gasteiger partial charge in [0.1, 0.15) is 11.9 Å². The lowest BCUT2D eigenvalue weighted by Crippen LogP contribution is -2.44. The van der Waals surface area contributed by atoms with Gasteiger partial charge in [-0.25, -0.2) is 9.18 Å². The number of benzene rings is 1. The topological polar surface area (TPSA) is 57.6 Å². The van der Waals surface area contributed by atoms with E-state index < -0.39 is 23.7 Å². The second-order valence-electron chi connectivity index (χ2n) is 4.56. The highest BCUT2D eigenvalue weighted by Gasteiger charge is 2.39. The van der Waals surface area contributed by atoms with Gasteiger partial charge in [-0.3, -0.25) is 4.79 Å². The first-order valence-corrected chi connectivity index (χ1v) is 6.30. The molecule has 0 bridgehead atoms. The van der Waals surface area contributed by atoms with Crippen LogP contribution in [-0.2, 0) is 4.79 Å². The van der Waals surface area contributed by atoms with E-state index in [-0.39, 0.29) is 16.6 Å². The maximum atomic E-state index is 13.4. The van der Waals surface area contributed by atoms with Crippen molar-refractivity contribution < 1.29 is 19.1 Å². The van der Waals surface area contributed by atoms with Gasteiger partial charge in [0.05, 0.1) is 10.6 Å². The fourth-order valence-corrected chi connectivity index (χ4v) is 2.14. The second-order valence-corrected chi connectivity index (χ2v) is 4.94. The van der Waals surface area contributed by atoms with Crippen LogP contribution in [0.2, 0.25) is 5.02 Å². The molecule has 0 radical (unpaired) electrons. The van der Waals surface area contributed by atoms with Gasteiger partial charge in [-0.15, -0.1) is 0 Å². The molecule has 102 valence electrons. The Morgan fingerprint density at radius 3 is 2.63 bits per heavy atom. The van der Waals surface area contributed by atoms with E-state index in [1.165, 1.54) is 24.0 Å². The van der Waals surface area contributed by atoms with Gasteiger partial charge in [0.2, 0.25) is 0 Å². The quantitative estimate of drug-likeness (QED) is 0.925. The molecule has 1 N–H and O–H groups in total. The van der Waals surface area contributed by atoms with Gasteiger partial charge in [0.15, 0.2) is 0 Å². The fraction of sp³-hybridized carbons (Fsp3) is 0.385. The SMILES string of the molecule is CC(C(=O)O)N(C(=O)c1cccc(F)c1Cl)C1CC1. The van der Waals surface area contributed by atoms with Crippen LogP contribution in [0, 0.1) is 5.82 Å². The fourth-order valence-electron chi connectivity index (χ4n) is 1.94. The highest BCUT2D eigenvalue weighted by Crippen LogP contribution is 2.32. The van der Waals surface area contributed by atoms with E-state index in [2.05, 4.69) is 0 Å². The van der Waals surface area contributed by atoms with Crippen molar-refractivity contribution in [2.24, 2.45) is 0 Å². The molecule has 1 aromatic rings. The van der Waals surface area contributed by atoms with Crippen LogP contribution >= 0.6 is 11.6 Å². The predicted molar refractivity (Wildman–Crippen MR) is 67.7 cm³/mol. The summed E-state index contributed by atoms with van der Waals surface area (Å²) in [5.41, 5.74) is 0.00154. The van der Waals surface area contributed by atoms with Gasteiger partial charge in [-0.1, -0.05) is 17.7 Å². The summed E-state index contributed by atoms with van der Waals surface area (Å²) >= 11 is 5.77. The van der Waals surface area contributed by atoms with Crippen molar-refractivity contribution in [3.8, 4) is 0 Å². The van der Waals surface area contributed by atoms with E-state index in [1.54, 1.807) is 0 Å². The zero-order chi connectivity index (χ0) is 14.2. The smallest absolute Gasteiger partial charge is 0.326 e. The van der Waals surface area contributed by atoms with Crippen LogP contribution in [0.25, 0.3) is 0 Å². The van der Waals surface area contributed by atoms with E-state index in [9.17, 15) is 14.0 Å². The molecule has 1 amide bonds. The zero-order valence-electron chi connectivity index (χ0n) is 10.3. The Bertz CT molecular complexity index is 531. The van der Waals surface area contributed by atoms with Gasteiger partial charge in [0.25, 0.3) is 5.91 Å². The molecule has 1 saturated carbocycles. The number of halogens is 2. The number of rotatable bonds is 4. The minimum atomic E-state index is -1.09. The number of carbonyl (C=O) groups is 2. The number of nitrogens with zero attached hydrogens (tertiary/aromatic N) is 1. The van der Waals surface area contributed by atoms with Gasteiger partial charge in [0, 0.05) is 6.04 Å². The molecule has 1 aliphatic rings. The first-order valence-electron chi connectivity index (χ1n) is 5.93. The lowest BCUT2D eigenvalue weighted by Gasteiger charge is -2.26. The van der Waals surface area contributed by atoms with E-state index in [0.29, 0.717) is 0 Å². The molecule has 6 heteroatoms. The summed E-state index contributed by atoms with van der Waals surface area (Å²) in [6, 6.07) is 2.88. The van der Waals surface area contributed by atoms with Gasteiger partial charge in [-0.2, -0.15) is 0 Å². The number of amides is 1. The monoisotopic (exact) mass is 285 g/mol. The van der Waals surface area contributed by atoms with Gasteiger partial charge in [-0.05, 0) is 31.9 Å². The highest BCUT2D eigenvalue weighted by molar-refractivity contribution is 6.34. The third-order valence-electron chi connectivity index (χ3n) is 3.13. The third kappa shape index (κ3) is 2.71.